The van der Waals surface area contributed by atoms with Crippen LogP contribution in [0.1, 0.15) is 5.56 Å². The van der Waals surface area contributed by atoms with E-state index in [1.54, 1.807) is 24.3 Å². The Balaban J connectivity index is 1.68. The fourth-order valence-corrected chi connectivity index (χ4v) is 2.58. The highest BCUT2D eigenvalue weighted by molar-refractivity contribution is 5.92. The molecule has 0 aliphatic carbocycles. The van der Waals surface area contributed by atoms with Crippen molar-refractivity contribution in [2.75, 3.05) is 36.5 Å². The molecule has 2 aromatic rings. The minimum atomic E-state index is -0.496. The molecule has 9 nitrogen and oxygen atoms in total. The summed E-state index contributed by atoms with van der Waals surface area (Å²) in [6.45, 7) is 2.70. The molecule has 2 heterocycles. The van der Waals surface area contributed by atoms with E-state index in [1.807, 2.05) is 4.90 Å². The molecule has 1 aliphatic heterocycles. The first kappa shape index (κ1) is 16.8. The molecule has 1 fully saturated rings. The van der Waals surface area contributed by atoms with Gasteiger partial charge in [-0.1, -0.05) is 18.2 Å². The fourth-order valence-electron chi connectivity index (χ4n) is 2.58. The predicted molar refractivity (Wildman–Crippen MR) is 90.5 cm³/mol. The van der Waals surface area contributed by atoms with Gasteiger partial charge in [-0.15, -0.1) is 0 Å². The summed E-state index contributed by atoms with van der Waals surface area (Å²) in [6, 6.07) is 7.86. The number of morpholine rings is 1. The lowest BCUT2D eigenvalue weighted by atomic mass is 10.1. The first-order valence-corrected chi connectivity index (χ1v) is 7.80. The molecule has 0 saturated carbocycles. The number of nitro groups is 1. The summed E-state index contributed by atoms with van der Waals surface area (Å²) in [7, 11) is 0. The van der Waals surface area contributed by atoms with Crippen molar-refractivity contribution in [3.05, 3.63) is 52.3 Å². The number of aromatic nitrogens is 2. The summed E-state index contributed by atoms with van der Waals surface area (Å²) in [5.41, 5.74) is 0.279. The van der Waals surface area contributed by atoms with E-state index in [-0.39, 0.29) is 18.0 Å². The van der Waals surface area contributed by atoms with E-state index in [2.05, 4.69) is 15.3 Å². The highest BCUT2D eigenvalue weighted by Crippen LogP contribution is 2.19. The molecular formula is C16H17N5O4. The zero-order valence-electron chi connectivity index (χ0n) is 13.4. The summed E-state index contributed by atoms with van der Waals surface area (Å²) in [5.74, 6) is 0.695. The van der Waals surface area contributed by atoms with Crippen molar-refractivity contribution in [2.45, 2.75) is 6.42 Å². The van der Waals surface area contributed by atoms with Gasteiger partial charge in [0.15, 0.2) is 0 Å². The van der Waals surface area contributed by atoms with Gasteiger partial charge in [-0.05, 0) is 0 Å². The van der Waals surface area contributed by atoms with E-state index in [0.29, 0.717) is 30.4 Å². The maximum Gasteiger partial charge on any atom is 0.273 e. The van der Waals surface area contributed by atoms with Crippen molar-refractivity contribution >= 4 is 23.2 Å². The van der Waals surface area contributed by atoms with Gasteiger partial charge in [0.25, 0.3) is 5.69 Å². The highest BCUT2D eigenvalue weighted by atomic mass is 16.6. The molecular weight excluding hydrogens is 326 g/mol. The minimum Gasteiger partial charge on any atom is -0.378 e. The molecule has 1 aromatic carbocycles. The van der Waals surface area contributed by atoms with Gasteiger partial charge in [-0.3, -0.25) is 14.9 Å². The van der Waals surface area contributed by atoms with Crippen molar-refractivity contribution in [1.29, 1.82) is 0 Å². The Hall–Kier alpha value is -3.07. The van der Waals surface area contributed by atoms with Crippen molar-refractivity contribution in [2.24, 2.45) is 0 Å². The molecule has 25 heavy (non-hydrogen) atoms. The van der Waals surface area contributed by atoms with Crippen LogP contribution in [0.5, 0.6) is 0 Å². The molecule has 9 heteroatoms. The van der Waals surface area contributed by atoms with Gasteiger partial charge >= 0.3 is 0 Å². The van der Waals surface area contributed by atoms with Crippen LogP contribution in [0.2, 0.25) is 0 Å². The number of nitrogens with one attached hydrogen (secondary N) is 1. The monoisotopic (exact) mass is 343 g/mol. The second-order valence-corrected chi connectivity index (χ2v) is 5.47. The van der Waals surface area contributed by atoms with Crippen LogP contribution in [0.15, 0.2) is 36.7 Å². The standard InChI is InChI=1S/C16H17N5O4/c22-16(9-12-3-1-2-4-13(12)21(23)24)19-14-10-15(18-11-17-14)20-5-7-25-8-6-20/h1-4,10-11H,5-9H2,(H,17,18,19,22). The Morgan fingerprint density at radius 3 is 2.80 bits per heavy atom. The number of anilines is 2. The highest BCUT2D eigenvalue weighted by Gasteiger charge is 2.17. The SMILES string of the molecule is O=C(Cc1ccccc1[N+](=O)[O-])Nc1cc(N2CCOCC2)ncn1. The summed E-state index contributed by atoms with van der Waals surface area (Å²) in [6.07, 6.45) is 1.28. The first-order chi connectivity index (χ1) is 12.1. The molecule has 3 rings (SSSR count). The number of hydrogen-bond donors (Lipinski definition) is 1. The van der Waals surface area contributed by atoms with Gasteiger partial charge in [-0.2, -0.15) is 0 Å². The molecule has 0 spiro atoms. The van der Waals surface area contributed by atoms with Crippen LogP contribution in [-0.4, -0.2) is 47.1 Å². The summed E-state index contributed by atoms with van der Waals surface area (Å²) >= 11 is 0. The zero-order valence-corrected chi connectivity index (χ0v) is 13.4. The molecule has 1 aromatic heterocycles. The number of para-hydroxylation sites is 1. The smallest absolute Gasteiger partial charge is 0.273 e. The Bertz CT molecular complexity index is 777. The molecule has 1 aliphatic rings. The Morgan fingerprint density at radius 1 is 1.28 bits per heavy atom. The molecule has 0 atom stereocenters. The average Bonchev–Trinajstić information content (AvgIpc) is 2.63. The maximum absolute atomic E-state index is 12.2. The normalized spacial score (nSPS) is 14.2. The van der Waals surface area contributed by atoms with Crippen molar-refractivity contribution in [1.82, 2.24) is 9.97 Å². The number of carbonyl (C=O) groups is 1. The number of benzene rings is 1. The quantitative estimate of drug-likeness (QED) is 0.645. The van der Waals surface area contributed by atoms with Crippen molar-refractivity contribution in [3.8, 4) is 0 Å². The van der Waals surface area contributed by atoms with Gasteiger partial charge in [0, 0.05) is 30.8 Å². The third-order valence-corrected chi connectivity index (χ3v) is 3.79. The lowest BCUT2D eigenvalue weighted by Crippen LogP contribution is -2.36. The largest absolute Gasteiger partial charge is 0.378 e. The molecule has 1 amide bonds. The first-order valence-electron chi connectivity index (χ1n) is 7.80. The van der Waals surface area contributed by atoms with E-state index in [0.717, 1.165) is 13.1 Å². The number of ether oxygens (including phenoxy) is 1. The number of nitro benzene ring substituents is 1. The van der Waals surface area contributed by atoms with Gasteiger partial charge in [-0.25, -0.2) is 9.97 Å². The average molecular weight is 343 g/mol. The Kier molecular flexibility index (Phi) is 5.14. The topological polar surface area (TPSA) is 110 Å². The molecule has 0 bridgehead atoms. The third kappa shape index (κ3) is 4.27. The van der Waals surface area contributed by atoms with Crippen LogP contribution >= 0.6 is 0 Å². The summed E-state index contributed by atoms with van der Waals surface area (Å²) < 4.78 is 5.30. The van der Waals surface area contributed by atoms with Crippen LogP contribution < -0.4 is 10.2 Å². The zero-order chi connectivity index (χ0) is 17.6. The predicted octanol–water partition coefficient (Wildman–Crippen LogP) is 1.40. The van der Waals surface area contributed by atoms with Gasteiger partial charge in [0.2, 0.25) is 5.91 Å². The second kappa shape index (κ2) is 7.67. The maximum atomic E-state index is 12.2. The Labute approximate surface area is 143 Å². The van der Waals surface area contributed by atoms with Crippen LogP contribution in [0.4, 0.5) is 17.3 Å². The van der Waals surface area contributed by atoms with Crippen molar-refractivity contribution < 1.29 is 14.5 Å². The van der Waals surface area contributed by atoms with Crippen LogP contribution in [0.3, 0.4) is 0 Å². The van der Waals surface area contributed by atoms with E-state index < -0.39 is 4.92 Å². The van der Waals surface area contributed by atoms with Crippen LogP contribution in [0.25, 0.3) is 0 Å². The van der Waals surface area contributed by atoms with Gasteiger partial charge in [0.1, 0.15) is 18.0 Å². The third-order valence-electron chi connectivity index (χ3n) is 3.79. The summed E-state index contributed by atoms with van der Waals surface area (Å²) in [4.78, 5) is 33.0. The van der Waals surface area contributed by atoms with Gasteiger partial charge in [0.05, 0.1) is 24.6 Å². The lowest BCUT2D eigenvalue weighted by molar-refractivity contribution is -0.385. The number of nitrogens with zero attached hydrogens (tertiary/aromatic N) is 4. The minimum absolute atomic E-state index is 0.0747. The second-order valence-electron chi connectivity index (χ2n) is 5.47. The van der Waals surface area contributed by atoms with E-state index in [1.165, 1.54) is 12.4 Å². The van der Waals surface area contributed by atoms with Crippen LogP contribution in [-0.2, 0) is 16.0 Å². The molecule has 1 N–H and O–H groups in total. The van der Waals surface area contributed by atoms with Crippen LogP contribution in [0, 0.1) is 10.1 Å². The van der Waals surface area contributed by atoms with E-state index in [4.69, 9.17) is 4.74 Å². The lowest BCUT2D eigenvalue weighted by Gasteiger charge is -2.27. The number of hydrogen-bond acceptors (Lipinski definition) is 7. The van der Waals surface area contributed by atoms with E-state index in [9.17, 15) is 14.9 Å². The molecule has 1 saturated heterocycles. The summed E-state index contributed by atoms with van der Waals surface area (Å²) in [5, 5.41) is 13.7. The Morgan fingerprint density at radius 2 is 2.04 bits per heavy atom. The number of rotatable bonds is 5. The number of carbonyl (C=O) groups excluding carboxylic acids is 1. The van der Waals surface area contributed by atoms with E-state index >= 15 is 0 Å². The number of amides is 1. The fraction of sp³-hybridized carbons (Fsp3) is 0.312. The molecule has 130 valence electrons. The van der Waals surface area contributed by atoms with Crippen molar-refractivity contribution in [3.63, 3.8) is 0 Å². The molecule has 0 unspecified atom stereocenters. The van der Waals surface area contributed by atoms with Gasteiger partial charge < -0.3 is 15.0 Å². The molecule has 0 radical (unpaired) electrons.